The summed E-state index contributed by atoms with van der Waals surface area (Å²) in [6.07, 6.45) is 9.86. The van der Waals surface area contributed by atoms with Crippen LogP contribution < -0.4 is 0 Å². The zero-order valence-electron chi connectivity index (χ0n) is 11.2. The van der Waals surface area contributed by atoms with E-state index < -0.39 is 0 Å². The lowest BCUT2D eigenvalue weighted by molar-refractivity contribution is 0.550. The van der Waals surface area contributed by atoms with Crippen molar-refractivity contribution in [2.45, 2.75) is 59.8 Å². The van der Waals surface area contributed by atoms with E-state index in [0.717, 1.165) is 25.7 Å². The topological polar surface area (TPSA) is 23.8 Å². The number of allylic oxidation sites excluding steroid dienone is 4. The smallest absolute Gasteiger partial charge is 0.0624 e. The fourth-order valence-electron chi connectivity index (χ4n) is 1.56. The summed E-state index contributed by atoms with van der Waals surface area (Å²) in [6, 6.07) is 2.22. The van der Waals surface area contributed by atoms with E-state index in [9.17, 15) is 0 Å². The van der Waals surface area contributed by atoms with Gasteiger partial charge in [-0.15, -0.1) is 0 Å². The van der Waals surface area contributed by atoms with E-state index in [1.54, 1.807) is 0 Å². The summed E-state index contributed by atoms with van der Waals surface area (Å²) in [7, 11) is 0. The maximum atomic E-state index is 8.54. The molecule has 0 radical (unpaired) electrons. The van der Waals surface area contributed by atoms with Gasteiger partial charge in [0.1, 0.15) is 0 Å². The molecule has 0 spiro atoms. The Balaban J connectivity index is 3.71. The Kier molecular flexibility index (Phi) is 8.62. The third-order valence-electron chi connectivity index (χ3n) is 2.68. The molecule has 0 N–H and O–H groups in total. The van der Waals surface area contributed by atoms with Crippen molar-refractivity contribution >= 4 is 0 Å². The third kappa shape index (κ3) is 9.52. The van der Waals surface area contributed by atoms with Crippen LogP contribution in [0.25, 0.3) is 0 Å². The van der Waals surface area contributed by atoms with Gasteiger partial charge in [-0.25, -0.2) is 0 Å². The largest absolute Gasteiger partial charge is 0.198 e. The average molecular weight is 219 g/mol. The number of nitriles is 1. The Labute approximate surface area is 101 Å². The highest BCUT2D eigenvalue weighted by Gasteiger charge is 1.99. The molecule has 0 saturated carbocycles. The summed E-state index contributed by atoms with van der Waals surface area (Å²) in [5, 5.41) is 8.54. The van der Waals surface area contributed by atoms with E-state index in [1.165, 1.54) is 11.1 Å². The zero-order chi connectivity index (χ0) is 12.4. The minimum Gasteiger partial charge on any atom is -0.198 e. The quantitative estimate of drug-likeness (QED) is 0.552. The molecule has 1 atom stereocenters. The van der Waals surface area contributed by atoms with E-state index >= 15 is 0 Å². The van der Waals surface area contributed by atoms with Crippen LogP contribution in [0.15, 0.2) is 23.3 Å². The van der Waals surface area contributed by atoms with Gasteiger partial charge in [-0.3, -0.25) is 0 Å². The van der Waals surface area contributed by atoms with Crippen LogP contribution in [0.5, 0.6) is 0 Å². The van der Waals surface area contributed by atoms with Crippen molar-refractivity contribution in [2.75, 3.05) is 0 Å². The van der Waals surface area contributed by atoms with E-state index in [-0.39, 0.29) is 0 Å². The van der Waals surface area contributed by atoms with Crippen molar-refractivity contribution in [3.05, 3.63) is 23.3 Å². The van der Waals surface area contributed by atoms with Crippen molar-refractivity contribution in [1.82, 2.24) is 0 Å². The zero-order valence-corrected chi connectivity index (χ0v) is 11.2. The van der Waals surface area contributed by atoms with Gasteiger partial charge in [-0.05, 0) is 52.4 Å². The van der Waals surface area contributed by atoms with Gasteiger partial charge >= 0.3 is 0 Å². The molecule has 0 aliphatic rings. The van der Waals surface area contributed by atoms with E-state index in [2.05, 4.69) is 45.9 Å². The van der Waals surface area contributed by atoms with E-state index in [0.29, 0.717) is 12.3 Å². The number of hydrogen-bond acceptors (Lipinski definition) is 1. The Hall–Kier alpha value is -1.03. The van der Waals surface area contributed by atoms with Gasteiger partial charge in [0.25, 0.3) is 0 Å². The molecule has 0 aliphatic carbocycles. The molecule has 0 amide bonds. The summed E-state index contributed by atoms with van der Waals surface area (Å²) >= 11 is 0. The van der Waals surface area contributed by atoms with Crippen molar-refractivity contribution in [2.24, 2.45) is 5.92 Å². The first-order chi connectivity index (χ1) is 7.56. The molecular formula is C15H25N. The molecule has 0 bridgehead atoms. The van der Waals surface area contributed by atoms with Crippen molar-refractivity contribution < 1.29 is 0 Å². The molecule has 16 heavy (non-hydrogen) atoms. The number of nitrogens with zero attached hydrogens (tertiary/aromatic N) is 1. The second-order valence-electron chi connectivity index (χ2n) is 4.92. The van der Waals surface area contributed by atoms with Gasteiger partial charge in [0.2, 0.25) is 0 Å². The van der Waals surface area contributed by atoms with Gasteiger partial charge in [0, 0.05) is 6.42 Å². The van der Waals surface area contributed by atoms with E-state index in [4.69, 9.17) is 5.26 Å². The van der Waals surface area contributed by atoms with Crippen LogP contribution in [0.2, 0.25) is 0 Å². The summed E-state index contributed by atoms with van der Waals surface area (Å²) in [5.41, 5.74) is 2.87. The summed E-state index contributed by atoms with van der Waals surface area (Å²) in [4.78, 5) is 0. The molecule has 0 aromatic rings. The molecule has 0 heterocycles. The summed E-state index contributed by atoms with van der Waals surface area (Å²) in [5.74, 6) is 0.534. The maximum Gasteiger partial charge on any atom is 0.0624 e. The van der Waals surface area contributed by atoms with Gasteiger partial charge in [0.15, 0.2) is 0 Å². The second-order valence-corrected chi connectivity index (χ2v) is 4.92. The predicted molar refractivity (Wildman–Crippen MR) is 71.1 cm³/mol. The SMILES string of the molecule is CC(C)=CCCC(C)=CCCC(C)CC#N. The molecule has 0 rings (SSSR count). The molecule has 1 unspecified atom stereocenters. The van der Waals surface area contributed by atoms with Gasteiger partial charge in [0.05, 0.1) is 6.07 Å². The molecule has 90 valence electrons. The highest BCUT2D eigenvalue weighted by molar-refractivity contribution is 5.02. The Bertz CT molecular complexity index is 274. The first-order valence-corrected chi connectivity index (χ1v) is 6.22. The lowest BCUT2D eigenvalue weighted by Crippen LogP contribution is -1.91. The molecule has 1 heteroatoms. The van der Waals surface area contributed by atoms with Crippen molar-refractivity contribution in [3.63, 3.8) is 0 Å². The Morgan fingerprint density at radius 3 is 2.44 bits per heavy atom. The molecule has 0 fully saturated rings. The predicted octanol–water partition coefficient (Wildman–Crippen LogP) is 5.01. The summed E-state index contributed by atoms with van der Waals surface area (Å²) < 4.78 is 0. The first kappa shape index (κ1) is 15.0. The number of hydrogen-bond donors (Lipinski definition) is 0. The average Bonchev–Trinajstić information content (AvgIpc) is 2.17. The lowest BCUT2D eigenvalue weighted by Gasteiger charge is -2.04. The lowest BCUT2D eigenvalue weighted by atomic mass is 10.0. The molecular weight excluding hydrogens is 194 g/mol. The molecule has 0 aliphatic heterocycles. The van der Waals surface area contributed by atoms with Crippen LogP contribution >= 0.6 is 0 Å². The van der Waals surface area contributed by atoms with Crippen LogP contribution in [0.3, 0.4) is 0 Å². The Morgan fingerprint density at radius 2 is 1.88 bits per heavy atom. The van der Waals surface area contributed by atoms with Gasteiger partial charge in [-0.2, -0.15) is 5.26 Å². The minimum absolute atomic E-state index is 0.534. The number of rotatable bonds is 7. The minimum atomic E-state index is 0.534. The second kappa shape index (κ2) is 9.21. The van der Waals surface area contributed by atoms with Gasteiger partial charge < -0.3 is 0 Å². The van der Waals surface area contributed by atoms with E-state index in [1.807, 2.05) is 0 Å². The van der Waals surface area contributed by atoms with Crippen LogP contribution in [0.1, 0.15) is 59.8 Å². The highest BCUT2D eigenvalue weighted by atomic mass is 14.2. The maximum absolute atomic E-state index is 8.54. The highest BCUT2D eigenvalue weighted by Crippen LogP contribution is 2.13. The molecule has 0 aromatic heterocycles. The fourth-order valence-corrected chi connectivity index (χ4v) is 1.56. The molecule has 0 saturated heterocycles. The standard InChI is InChI=1S/C15H25N/c1-13(2)7-5-8-14(3)9-6-10-15(4)11-12-16/h7,9,15H,5-6,8,10-11H2,1-4H3. The van der Waals surface area contributed by atoms with Crippen molar-refractivity contribution in [3.8, 4) is 6.07 Å². The third-order valence-corrected chi connectivity index (χ3v) is 2.68. The fraction of sp³-hybridized carbons (Fsp3) is 0.667. The van der Waals surface area contributed by atoms with Crippen LogP contribution in [0, 0.1) is 17.2 Å². The normalized spacial score (nSPS) is 13.1. The van der Waals surface area contributed by atoms with Crippen molar-refractivity contribution in [1.29, 1.82) is 5.26 Å². The molecule has 0 aromatic carbocycles. The summed E-state index contributed by atoms with van der Waals surface area (Å²) in [6.45, 7) is 8.63. The van der Waals surface area contributed by atoms with Gasteiger partial charge in [-0.1, -0.05) is 30.2 Å². The van der Waals surface area contributed by atoms with Crippen LogP contribution in [0.4, 0.5) is 0 Å². The monoisotopic (exact) mass is 219 g/mol. The molecule has 1 nitrogen and oxygen atoms in total. The van der Waals surface area contributed by atoms with Crippen LogP contribution in [-0.2, 0) is 0 Å². The first-order valence-electron chi connectivity index (χ1n) is 6.22. The van der Waals surface area contributed by atoms with Crippen LogP contribution in [-0.4, -0.2) is 0 Å². The Morgan fingerprint density at radius 1 is 1.19 bits per heavy atom.